The average Bonchev–Trinajstić information content (AvgIpc) is 2.92. The van der Waals surface area contributed by atoms with Crippen LogP contribution < -0.4 is 10.2 Å². The molecular weight excluding hydrogens is 308 g/mol. The van der Waals surface area contributed by atoms with E-state index in [1.54, 1.807) is 29.7 Å². The van der Waals surface area contributed by atoms with Gasteiger partial charge < -0.3 is 9.84 Å². The number of nitrogens with one attached hydrogen (secondary N) is 1. The summed E-state index contributed by atoms with van der Waals surface area (Å²) in [7, 11) is 1.46. The number of hydrogen-bond acceptors (Lipinski definition) is 5. The Hall–Kier alpha value is -3.35. The summed E-state index contributed by atoms with van der Waals surface area (Å²) >= 11 is 0. The minimum atomic E-state index is -0.354. The summed E-state index contributed by atoms with van der Waals surface area (Å²) in [5.41, 5.74) is 4.93. The second kappa shape index (κ2) is 6.41. The predicted octanol–water partition coefficient (Wildman–Crippen LogP) is 2.12. The molecule has 122 valence electrons. The van der Waals surface area contributed by atoms with Crippen molar-refractivity contribution in [3.05, 3.63) is 59.5 Å². The summed E-state index contributed by atoms with van der Waals surface area (Å²) in [5, 5.41) is 13.5. The molecule has 0 bridgehead atoms. The summed E-state index contributed by atoms with van der Waals surface area (Å²) in [6, 6.07) is 10.3. The zero-order valence-electron chi connectivity index (χ0n) is 13.2. The maximum Gasteiger partial charge on any atom is 0.290 e. The van der Waals surface area contributed by atoms with Gasteiger partial charge in [0, 0.05) is 6.20 Å². The number of phenolic OH excluding ortho intramolecular Hbond substituents is 1. The van der Waals surface area contributed by atoms with E-state index in [0.717, 1.165) is 0 Å². The SMILES string of the molecule is COc1cc(/C=N\NC(=O)c2c(C)nc3ccccn23)ccc1O. The van der Waals surface area contributed by atoms with Crippen LogP contribution in [0.4, 0.5) is 0 Å². The van der Waals surface area contributed by atoms with Crippen molar-refractivity contribution in [1.29, 1.82) is 0 Å². The maximum absolute atomic E-state index is 12.4. The molecule has 0 radical (unpaired) electrons. The molecule has 0 aliphatic rings. The van der Waals surface area contributed by atoms with E-state index in [-0.39, 0.29) is 11.7 Å². The average molecular weight is 324 g/mol. The fourth-order valence-electron chi connectivity index (χ4n) is 2.38. The lowest BCUT2D eigenvalue weighted by molar-refractivity contribution is 0.0948. The number of carbonyl (C=O) groups is 1. The van der Waals surface area contributed by atoms with Gasteiger partial charge in [-0.2, -0.15) is 5.10 Å². The zero-order valence-corrected chi connectivity index (χ0v) is 13.2. The topological polar surface area (TPSA) is 88.2 Å². The molecule has 0 aliphatic heterocycles. The number of amides is 1. The number of methoxy groups -OCH3 is 1. The summed E-state index contributed by atoms with van der Waals surface area (Å²) in [4.78, 5) is 16.7. The van der Waals surface area contributed by atoms with Gasteiger partial charge in [0.15, 0.2) is 11.5 Å². The van der Waals surface area contributed by atoms with Crippen molar-refractivity contribution >= 4 is 17.8 Å². The second-order valence-corrected chi connectivity index (χ2v) is 5.11. The zero-order chi connectivity index (χ0) is 17.1. The van der Waals surface area contributed by atoms with Crippen molar-refractivity contribution in [2.24, 2.45) is 5.10 Å². The number of fused-ring (bicyclic) bond motifs is 1. The number of ether oxygens (including phenoxy) is 1. The Kier molecular flexibility index (Phi) is 4.15. The smallest absolute Gasteiger partial charge is 0.290 e. The number of nitrogens with zero attached hydrogens (tertiary/aromatic N) is 3. The Balaban J connectivity index is 1.79. The largest absolute Gasteiger partial charge is 0.504 e. The first-order valence-electron chi connectivity index (χ1n) is 7.24. The number of pyridine rings is 1. The maximum atomic E-state index is 12.4. The number of phenols is 1. The number of imidazole rings is 1. The minimum absolute atomic E-state index is 0.0417. The molecule has 0 aliphatic carbocycles. The normalized spacial score (nSPS) is 11.1. The number of aryl methyl sites for hydroxylation is 1. The number of rotatable bonds is 4. The van der Waals surface area contributed by atoms with Gasteiger partial charge in [-0.05, 0) is 42.8 Å². The van der Waals surface area contributed by atoms with E-state index >= 15 is 0 Å². The van der Waals surface area contributed by atoms with E-state index in [1.807, 2.05) is 18.2 Å². The molecule has 2 aromatic heterocycles. The highest BCUT2D eigenvalue weighted by molar-refractivity contribution is 5.95. The van der Waals surface area contributed by atoms with Gasteiger partial charge in [-0.1, -0.05) is 6.07 Å². The molecule has 2 N–H and O–H groups in total. The monoisotopic (exact) mass is 324 g/mol. The Morgan fingerprint density at radius 2 is 2.21 bits per heavy atom. The van der Waals surface area contributed by atoms with E-state index < -0.39 is 0 Å². The van der Waals surface area contributed by atoms with Crippen molar-refractivity contribution in [1.82, 2.24) is 14.8 Å². The molecule has 0 atom stereocenters. The molecule has 7 nitrogen and oxygen atoms in total. The lowest BCUT2D eigenvalue weighted by atomic mass is 10.2. The molecule has 0 saturated heterocycles. The van der Waals surface area contributed by atoms with E-state index in [0.29, 0.717) is 28.3 Å². The molecule has 2 heterocycles. The van der Waals surface area contributed by atoms with Crippen LogP contribution in [0.3, 0.4) is 0 Å². The van der Waals surface area contributed by atoms with Gasteiger partial charge in [-0.15, -0.1) is 0 Å². The molecule has 0 unspecified atom stereocenters. The number of benzene rings is 1. The van der Waals surface area contributed by atoms with Crippen LogP contribution in [0, 0.1) is 6.92 Å². The van der Waals surface area contributed by atoms with Gasteiger partial charge in [0.05, 0.1) is 19.0 Å². The Labute approximate surface area is 138 Å². The first-order chi connectivity index (χ1) is 11.6. The van der Waals surface area contributed by atoms with Crippen LogP contribution in [-0.4, -0.2) is 33.7 Å². The number of hydrogen-bond donors (Lipinski definition) is 2. The molecule has 24 heavy (non-hydrogen) atoms. The van der Waals surface area contributed by atoms with Gasteiger partial charge in [0.1, 0.15) is 11.3 Å². The van der Waals surface area contributed by atoms with Crippen molar-refractivity contribution in [2.45, 2.75) is 6.92 Å². The van der Waals surface area contributed by atoms with Gasteiger partial charge in [-0.3, -0.25) is 9.20 Å². The predicted molar refractivity (Wildman–Crippen MR) is 89.6 cm³/mol. The Morgan fingerprint density at radius 1 is 1.38 bits per heavy atom. The summed E-state index contributed by atoms with van der Waals surface area (Å²) in [6.07, 6.45) is 3.25. The third-order valence-corrected chi connectivity index (χ3v) is 3.50. The fraction of sp³-hybridized carbons (Fsp3) is 0.118. The summed E-state index contributed by atoms with van der Waals surface area (Å²) in [5.74, 6) is 0.0242. The summed E-state index contributed by atoms with van der Waals surface area (Å²) < 4.78 is 6.74. The van der Waals surface area contributed by atoms with Gasteiger partial charge in [-0.25, -0.2) is 10.4 Å². The molecular formula is C17H16N4O3. The molecule has 1 amide bonds. The lowest BCUT2D eigenvalue weighted by Crippen LogP contribution is -2.20. The number of aromatic nitrogens is 2. The molecule has 0 spiro atoms. The van der Waals surface area contributed by atoms with Crippen LogP contribution in [-0.2, 0) is 0 Å². The third kappa shape index (κ3) is 2.91. The molecule has 1 aromatic carbocycles. The van der Waals surface area contributed by atoms with Crippen molar-refractivity contribution < 1.29 is 14.6 Å². The molecule has 0 saturated carbocycles. The lowest BCUT2D eigenvalue weighted by Gasteiger charge is -2.04. The molecule has 3 rings (SSSR count). The highest BCUT2D eigenvalue weighted by Gasteiger charge is 2.15. The van der Waals surface area contributed by atoms with Crippen molar-refractivity contribution in [3.8, 4) is 11.5 Å². The van der Waals surface area contributed by atoms with Crippen LogP contribution in [0.5, 0.6) is 11.5 Å². The van der Waals surface area contributed by atoms with Crippen molar-refractivity contribution in [3.63, 3.8) is 0 Å². The quantitative estimate of drug-likeness (QED) is 0.568. The van der Waals surface area contributed by atoms with Gasteiger partial charge in [0.25, 0.3) is 5.91 Å². The molecule has 7 heteroatoms. The Bertz CT molecular complexity index is 931. The van der Waals surface area contributed by atoms with Crippen LogP contribution in [0.1, 0.15) is 21.7 Å². The van der Waals surface area contributed by atoms with Crippen LogP contribution in [0.25, 0.3) is 5.65 Å². The minimum Gasteiger partial charge on any atom is -0.504 e. The Morgan fingerprint density at radius 3 is 3.00 bits per heavy atom. The first kappa shape index (κ1) is 15.5. The number of hydrazone groups is 1. The van der Waals surface area contributed by atoms with E-state index in [2.05, 4.69) is 15.5 Å². The highest BCUT2D eigenvalue weighted by Crippen LogP contribution is 2.25. The van der Waals surface area contributed by atoms with Gasteiger partial charge >= 0.3 is 0 Å². The third-order valence-electron chi connectivity index (χ3n) is 3.50. The van der Waals surface area contributed by atoms with E-state index in [9.17, 15) is 9.90 Å². The van der Waals surface area contributed by atoms with E-state index in [1.165, 1.54) is 19.4 Å². The highest BCUT2D eigenvalue weighted by atomic mass is 16.5. The standard InChI is InChI=1S/C17H16N4O3/c1-11-16(21-8-4-3-5-15(21)19-11)17(23)20-18-10-12-6-7-13(22)14(9-12)24-2/h3-10,22H,1-2H3,(H,20,23)/b18-10-. The number of carbonyl (C=O) groups excluding carboxylic acids is 1. The molecule has 3 aromatic rings. The first-order valence-corrected chi connectivity index (χ1v) is 7.24. The van der Waals surface area contributed by atoms with Crippen LogP contribution in [0.2, 0.25) is 0 Å². The molecule has 0 fully saturated rings. The van der Waals surface area contributed by atoms with Crippen molar-refractivity contribution in [2.75, 3.05) is 7.11 Å². The number of aromatic hydroxyl groups is 1. The second-order valence-electron chi connectivity index (χ2n) is 5.11. The van der Waals surface area contributed by atoms with Crippen LogP contribution >= 0.6 is 0 Å². The summed E-state index contributed by atoms with van der Waals surface area (Å²) in [6.45, 7) is 1.77. The van der Waals surface area contributed by atoms with Gasteiger partial charge in [0.2, 0.25) is 0 Å². The van der Waals surface area contributed by atoms with Crippen LogP contribution in [0.15, 0.2) is 47.7 Å². The fourth-order valence-corrected chi connectivity index (χ4v) is 2.38. The van der Waals surface area contributed by atoms with E-state index in [4.69, 9.17) is 4.74 Å².